The normalized spacial score (nSPS) is 17.4. The van der Waals surface area contributed by atoms with E-state index >= 15 is 0 Å². The number of amides is 1. The first-order valence-electron chi connectivity index (χ1n) is 11.4. The van der Waals surface area contributed by atoms with Crippen molar-refractivity contribution in [3.63, 3.8) is 0 Å². The Labute approximate surface area is 212 Å². The van der Waals surface area contributed by atoms with Crippen molar-refractivity contribution in [1.29, 1.82) is 0 Å². The first kappa shape index (κ1) is 26.8. The molecule has 9 heteroatoms. The van der Waals surface area contributed by atoms with Crippen LogP contribution in [0.25, 0.3) is 0 Å². The van der Waals surface area contributed by atoms with E-state index in [-0.39, 0.29) is 29.5 Å². The van der Waals surface area contributed by atoms with E-state index in [4.69, 9.17) is 27.9 Å². The molecule has 2 aromatic carbocycles. The third-order valence-corrected chi connectivity index (χ3v) is 8.43. The molecule has 1 amide bonds. The molecule has 1 heterocycles. The van der Waals surface area contributed by atoms with Gasteiger partial charge in [-0.3, -0.25) is 4.79 Å². The van der Waals surface area contributed by atoms with Crippen LogP contribution in [-0.2, 0) is 26.0 Å². The van der Waals surface area contributed by atoms with Gasteiger partial charge in [0.2, 0.25) is 15.9 Å². The Hall–Kier alpha value is -1.80. The van der Waals surface area contributed by atoms with Crippen molar-refractivity contribution in [1.82, 2.24) is 9.62 Å². The van der Waals surface area contributed by atoms with E-state index in [1.54, 1.807) is 18.2 Å². The van der Waals surface area contributed by atoms with Crippen LogP contribution >= 0.6 is 23.2 Å². The van der Waals surface area contributed by atoms with Crippen molar-refractivity contribution in [3.8, 4) is 5.75 Å². The molecule has 1 N–H and O–H groups in total. The van der Waals surface area contributed by atoms with E-state index in [0.29, 0.717) is 48.1 Å². The Morgan fingerprint density at radius 2 is 1.82 bits per heavy atom. The van der Waals surface area contributed by atoms with Gasteiger partial charge in [-0.1, -0.05) is 62.2 Å². The maximum atomic E-state index is 12.9. The monoisotopic (exact) mass is 526 g/mol. The number of nitrogens with one attached hydrogen (secondary N) is 1. The van der Waals surface area contributed by atoms with Crippen LogP contribution < -0.4 is 10.1 Å². The van der Waals surface area contributed by atoms with E-state index in [0.717, 1.165) is 5.75 Å². The molecule has 1 fully saturated rings. The van der Waals surface area contributed by atoms with Gasteiger partial charge in [0.05, 0.1) is 28.3 Å². The molecule has 1 aliphatic heterocycles. The number of hydrogen-bond donors (Lipinski definition) is 1. The van der Waals surface area contributed by atoms with E-state index < -0.39 is 10.0 Å². The Morgan fingerprint density at radius 1 is 1.12 bits per heavy atom. The summed E-state index contributed by atoms with van der Waals surface area (Å²) in [6.07, 6.45) is 1.29. The van der Waals surface area contributed by atoms with Gasteiger partial charge in [-0.25, -0.2) is 12.7 Å². The number of halogens is 2. The second-order valence-electron chi connectivity index (χ2n) is 9.62. The third kappa shape index (κ3) is 7.35. The highest BCUT2D eigenvalue weighted by molar-refractivity contribution is 7.88. The maximum Gasteiger partial charge on any atom is 0.224 e. The standard InChI is InChI=1S/C25H32Cl2N2O4S/c1-25(2,3)20-7-9-21(10-8-20)33-14-12-28-24(30)19-5-4-13-29(16-19)34(31,32)17-18-6-11-22(26)23(27)15-18/h6-11,15,19H,4-5,12-14,16-17H2,1-3H3,(H,28,30). The summed E-state index contributed by atoms with van der Waals surface area (Å²) in [5.74, 6) is 0.0316. The van der Waals surface area contributed by atoms with Crippen LogP contribution in [0, 0.1) is 5.92 Å². The molecule has 0 saturated carbocycles. The molecule has 0 aromatic heterocycles. The predicted molar refractivity (Wildman–Crippen MR) is 137 cm³/mol. The number of carbonyl (C=O) groups is 1. The molecule has 0 spiro atoms. The molecular weight excluding hydrogens is 495 g/mol. The number of ether oxygens (including phenoxy) is 1. The van der Waals surface area contributed by atoms with E-state index in [1.165, 1.54) is 9.87 Å². The fourth-order valence-electron chi connectivity index (χ4n) is 3.88. The summed E-state index contributed by atoms with van der Waals surface area (Å²) in [4.78, 5) is 12.7. The number of sulfonamides is 1. The minimum absolute atomic E-state index is 0.0791. The van der Waals surface area contributed by atoms with Gasteiger partial charge in [0.15, 0.2) is 0 Å². The lowest BCUT2D eigenvalue weighted by Crippen LogP contribution is -2.46. The van der Waals surface area contributed by atoms with Crippen LogP contribution in [0.3, 0.4) is 0 Å². The van der Waals surface area contributed by atoms with Crippen molar-refractivity contribution in [2.24, 2.45) is 5.92 Å². The Kier molecular flexibility index (Phi) is 8.90. The van der Waals surface area contributed by atoms with Crippen LogP contribution in [0.1, 0.15) is 44.7 Å². The van der Waals surface area contributed by atoms with E-state index in [9.17, 15) is 13.2 Å². The van der Waals surface area contributed by atoms with Crippen molar-refractivity contribution < 1.29 is 17.9 Å². The van der Waals surface area contributed by atoms with Gasteiger partial charge < -0.3 is 10.1 Å². The van der Waals surface area contributed by atoms with Gasteiger partial charge in [-0.15, -0.1) is 0 Å². The van der Waals surface area contributed by atoms with Gasteiger partial charge in [0.25, 0.3) is 0 Å². The number of piperidine rings is 1. The highest BCUT2D eigenvalue weighted by atomic mass is 35.5. The van der Waals surface area contributed by atoms with Crippen LogP contribution in [0.5, 0.6) is 5.75 Å². The largest absolute Gasteiger partial charge is 0.492 e. The SMILES string of the molecule is CC(C)(C)c1ccc(OCCNC(=O)C2CCCN(S(=O)(=O)Cc3ccc(Cl)c(Cl)c3)C2)cc1. The first-order valence-corrected chi connectivity index (χ1v) is 13.7. The van der Waals surface area contributed by atoms with Crippen molar-refractivity contribution in [2.75, 3.05) is 26.2 Å². The van der Waals surface area contributed by atoms with E-state index in [1.807, 2.05) is 24.3 Å². The molecule has 3 rings (SSSR count). The lowest BCUT2D eigenvalue weighted by molar-refractivity contribution is -0.126. The average Bonchev–Trinajstić information content (AvgIpc) is 2.78. The zero-order valence-electron chi connectivity index (χ0n) is 19.8. The molecule has 0 radical (unpaired) electrons. The highest BCUT2D eigenvalue weighted by Crippen LogP contribution is 2.26. The third-order valence-electron chi connectivity index (χ3n) is 5.87. The smallest absolute Gasteiger partial charge is 0.224 e. The van der Waals surface area contributed by atoms with Gasteiger partial charge in [-0.05, 0) is 53.6 Å². The number of hydrogen-bond acceptors (Lipinski definition) is 4. The topological polar surface area (TPSA) is 75.7 Å². The molecule has 34 heavy (non-hydrogen) atoms. The molecule has 1 atom stereocenters. The highest BCUT2D eigenvalue weighted by Gasteiger charge is 2.32. The molecular formula is C25H32Cl2N2O4S. The predicted octanol–water partition coefficient (Wildman–Crippen LogP) is 5.03. The van der Waals surface area contributed by atoms with Gasteiger partial charge in [0, 0.05) is 13.1 Å². The average molecular weight is 528 g/mol. The lowest BCUT2D eigenvalue weighted by Gasteiger charge is -2.31. The fourth-order valence-corrected chi connectivity index (χ4v) is 5.80. The second-order valence-corrected chi connectivity index (χ2v) is 12.4. The van der Waals surface area contributed by atoms with E-state index in [2.05, 4.69) is 26.1 Å². The van der Waals surface area contributed by atoms with Gasteiger partial charge >= 0.3 is 0 Å². The Morgan fingerprint density at radius 3 is 2.47 bits per heavy atom. The minimum Gasteiger partial charge on any atom is -0.492 e. The molecule has 0 bridgehead atoms. The van der Waals surface area contributed by atoms with Crippen LogP contribution in [0.4, 0.5) is 0 Å². The number of nitrogens with zero attached hydrogens (tertiary/aromatic N) is 1. The molecule has 6 nitrogen and oxygen atoms in total. The first-order chi connectivity index (χ1) is 16.0. The maximum absolute atomic E-state index is 12.9. The van der Waals surface area contributed by atoms with Crippen molar-refractivity contribution in [2.45, 2.75) is 44.8 Å². The van der Waals surface area contributed by atoms with Crippen LogP contribution in [-0.4, -0.2) is 44.9 Å². The minimum atomic E-state index is -3.58. The zero-order chi connectivity index (χ0) is 24.9. The summed E-state index contributed by atoms with van der Waals surface area (Å²) in [6, 6.07) is 12.7. The van der Waals surface area contributed by atoms with Gasteiger partial charge in [0.1, 0.15) is 12.4 Å². The number of rotatable bonds is 8. The summed E-state index contributed by atoms with van der Waals surface area (Å²) >= 11 is 11.9. The summed E-state index contributed by atoms with van der Waals surface area (Å²) in [5.41, 5.74) is 1.87. The molecule has 2 aromatic rings. The van der Waals surface area contributed by atoms with Gasteiger partial charge in [-0.2, -0.15) is 0 Å². The Bertz CT molecular complexity index is 1100. The molecule has 1 saturated heterocycles. The molecule has 1 unspecified atom stereocenters. The summed E-state index contributed by atoms with van der Waals surface area (Å²) in [6.45, 7) is 7.74. The van der Waals surface area contributed by atoms with Crippen molar-refractivity contribution >= 4 is 39.1 Å². The molecule has 0 aliphatic carbocycles. The molecule has 1 aliphatic rings. The van der Waals surface area contributed by atoms with Crippen molar-refractivity contribution in [3.05, 3.63) is 63.6 Å². The molecule has 186 valence electrons. The lowest BCUT2D eigenvalue weighted by atomic mass is 9.87. The van der Waals surface area contributed by atoms with Crippen LogP contribution in [0.15, 0.2) is 42.5 Å². The Balaban J connectivity index is 1.47. The van der Waals surface area contributed by atoms with Crippen LogP contribution in [0.2, 0.25) is 10.0 Å². The fraction of sp³-hybridized carbons (Fsp3) is 0.480. The summed E-state index contributed by atoms with van der Waals surface area (Å²) < 4.78 is 33.0. The number of carbonyl (C=O) groups excluding carboxylic acids is 1. The number of benzene rings is 2. The summed E-state index contributed by atoms with van der Waals surface area (Å²) in [7, 11) is -3.58. The second kappa shape index (κ2) is 11.3. The zero-order valence-corrected chi connectivity index (χ0v) is 22.1. The summed E-state index contributed by atoms with van der Waals surface area (Å²) in [5, 5.41) is 3.57. The quantitative estimate of drug-likeness (QED) is 0.489.